The molecule has 1 aromatic heterocycles. The molecule has 2 heterocycles. The number of amides is 1. The van der Waals surface area contributed by atoms with Crippen LogP contribution in [0.25, 0.3) is 33.5 Å². The highest BCUT2D eigenvalue weighted by atomic mass is 19.1. The van der Waals surface area contributed by atoms with Gasteiger partial charge in [0, 0.05) is 36.8 Å². The Labute approximate surface area is 225 Å². The van der Waals surface area contributed by atoms with Crippen molar-refractivity contribution in [2.45, 2.75) is 19.0 Å². The van der Waals surface area contributed by atoms with Crippen LogP contribution < -0.4 is 5.32 Å². The summed E-state index contributed by atoms with van der Waals surface area (Å²) in [6.07, 6.45) is 0.715. The summed E-state index contributed by atoms with van der Waals surface area (Å²) in [6, 6.07) is 29.5. The Kier molecular flexibility index (Phi) is 6.82. The van der Waals surface area contributed by atoms with E-state index in [0.29, 0.717) is 19.5 Å². The fourth-order valence-corrected chi connectivity index (χ4v) is 5.09. The van der Waals surface area contributed by atoms with Gasteiger partial charge in [-0.25, -0.2) is 18.7 Å². The van der Waals surface area contributed by atoms with E-state index in [9.17, 15) is 13.6 Å². The minimum absolute atomic E-state index is 0.169. The quantitative estimate of drug-likeness (QED) is 0.288. The van der Waals surface area contributed by atoms with Gasteiger partial charge in [0.1, 0.15) is 17.2 Å². The third-order valence-electron chi connectivity index (χ3n) is 7.05. The fraction of sp³-hybridized carbons (Fsp3) is 0.156. The summed E-state index contributed by atoms with van der Waals surface area (Å²) in [5.74, 6) is -2.42. The molecule has 1 aliphatic heterocycles. The van der Waals surface area contributed by atoms with Crippen molar-refractivity contribution in [2.75, 3.05) is 13.1 Å². The third-order valence-corrected chi connectivity index (χ3v) is 7.05. The fourth-order valence-electron chi connectivity index (χ4n) is 5.09. The van der Waals surface area contributed by atoms with E-state index in [-0.39, 0.29) is 6.04 Å². The number of halogens is 2. The molecule has 0 spiro atoms. The number of aromatic nitrogens is 2. The van der Waals surface area contributed by atoms with Crippen LogP contribution in [0.3, 0.4) is 0 Å². The number of likely N-dealkylation sites (tertiary alicyclic amines) is 1. The van der Waals surface area contributed by atoms with Crippen LogP contribution in [0.2, 0.25) is 0 Å². The van der Waals surface area contributed by atoms with E-state index >= 15 is 0 Å². The number of hydrogen-bond donors (Lipinski definition) is 1. The van der Waals surface area contributed by atoms with Crippen LogP contribution in [0.5, 0.6) is 0 Å². The molecule has 1 aliphatic rings. The molecule has 5 aromatic rings. The molecule has 7 heteroatoms. The zero-order chi connectivity index (χ0) is 26.8. The molecule has 0 saturated carbocycles. The highest BCUT2D eigenvalue weighted by Gasteiger charge is 2.26. The Morgan fingerprint density at radius 3 is 2.00 bits per heavy atom. The number of carbonyl (C=O) groups excluding carboxylic acids is 1. The van der Waals surface area contributed by atoms with Crippen molar-refractivity contribution < 1.29 is 13.6 Å². The smallest absolute Gasteiger partial charge is 0.257 e. The number of nitrogens with one attached hydrogen (secondary N) is 1. The maximum Gasteiger partial charge on any atom is 0.257 e. The Hall–Kier alpha value is -4.49. The number of rotatable bonds is 6. The summed E-state index contributed by atoms with van der Waals surface area (Å²) in [4.78, 5) is 24.6. The van der Waals surface area contributed by atoms with E-state index < -0.39 is 23.1 Å². The SMILES string of the molecule is O=C(NC1CCN(Cc2ccc(-c3nc4ccccc4nc3-c3ccccc3)cc2)C1)c1c(F)cccc1F. The second-order valence-electron chi connectivity index (χ2n) is 9.76. The van der Waals surface area contributed by atoms with Crippen LogP contribution in [0.4, 0.5) is 8.78 Å². The van der Waals surface area contributed by atoms with Crippen LogP contribution >= 0.6 is 0 Å². The second-order valence-corrected chi connectivity index (χ2v) is 9.76. The van der Waals surface area contributed by atoms with Crippen LogP contribution in [0.15, 0.2) is 97.1 Å². The van der Waals surface area contributed by atoms with E-state index in [2.05, 4.69) is 34.5 Å². The molecule has 1 saturated heterocycles. The van der Waals surface area contributed by atoms with Crippen molar-refractivity contribution in [1.29, 1.82) is 0 Å². The van der Waals surface area contributed by atoms with Gasteiger partial charge in [-0.1, -0.05) is 72.8 Å². The van der Waals surface area contributed by atoms with Gasteiger partial charge in [0.25, 0.3) is 5.91 Å². The van der Waals surface area contributed by atoms with Gasteiger partial charge in [0.2, 0.25) is 0 Å². The highest BCUT2D eigenvalue weighted by molar-refractivity contribution is 5.95. The number of hydrogen-bond acceptors (Lipinski definition) is 4. The van der Waals surface area contributed by atoms with Gasteiger partial charge < -0.3 is 5.32 Å². The second kappa shape index (κ2) is 10.7. The number of benzene rings is 4. The van der Waals surface area contributed by atoms with E-state index in [1.54, 1.807) is 0 Å². The largest absolute Gasteiger partial charge is 0.348 e. The number of para-hydroxylation sites is 2. The van der Waals surface area contributed by atoms with Crippen LogP contribution in [0, 0.1) is 11.6 Å². The summed E-state index contributed by atoms with van der Waals surface area (Å²) < 4.78 is 27.9. The molecule has 194 valence electrons. The number of nitrogens with zero attached hydrogens (tertiary/aromatic N) is 3. The summed E-state index contributed by atoms with van der Waals surface area (Å²) in [7, 11) is 0. The molecule has 1 fully saturated rings. The standard InChI is InChI=1S/C32H26F2N4O/c33-25-9-6-10-26(34)29(25)32(39)35-24-17-18-38(20-24)19-21-13-15-23(16-14-21)31-30(22-7-2-1-3-8-22)36-27-11-4-5-12-28(27)37-31/h1-16,24H,17-20H2,(H,35,39). The molecule has 1 atom stereocenters. The topological polar surface area (TPSA) is 58.1 Å². The van der Waals surface area contributed by atoms with E-state index in [4.69, 9.17) is 9.97 Å². The maximum atomic E-state index is 14.0. The molecule has 0 aliphatic carbocycles. The predicted molar refractivity (Wildman–Crippen MR) is 148 cm³/mol. The summed E-state index contributed by atoms with van der Waals surface area (Å²) in [6.45, 7) is 2.09. The Morgan fingerprint density at radius 2 is 1.36 bits per heavy atom. The van der Waals surface area contributed by atoms with Crippen molar-refractivity contribution in [1.82, 2.24) is 20.2 Å². The molecule has 1 N–H and O–H groups in total. The first kappa shape index (κ1) is 24.8. The normalized spacial score (nSPS) is 15.5. The first-order valence-corrected chi connectivity index (χ1v) is 12.9. The molecular weight excluding hydrogens is 494 g/mol. The highest BCUT2D eigenvalue weighted by Crippen LogP contribution is 2.31. The Morgan fingerprint density at radius 1 is 0.769 bits per heavy atom. The van der Waals surface area contributed by atoms with Crippen molar-refractivity contribution in [2.24, 2.45) is 0 Å². The first-order valence-electron chi connectivity index (χ1n) is 12.9. The van der Waals surface area contributed by atoms with E-state index in [1.807, 2.05) is 54.6 Å². The maximum absolute atomic E-state index is 14.0. The minimum Gasteiger partial charge on any atom is -0.348 e. The van der Waals surface area contributed by atoms with E-state index in [0.717, 1.165) is 57.8 Å². The third kappa shape index (κ3) is 5.26. The average molecular weight is 521 g/mol. The van der Waals surface area contributed by atoms with Crippen LogP contribution in [-0.4, -0.2) is 39.9 Å². The van der Waals surface area contributed by atoms with Gasteiger partial charge in [-0.2, -0.15) is 0 Å². The Bertz CT molecular complexity index is 1620. The molecule has 0 bridgehead atoms. The van der Waals surface area contributed by atoms with Gasteiger partial charge in [-0.05, 0) is 36.2 Å². The molecule has 39 heavy (non-hydrogen) atoms. The van der Waals surface area contributed by atoms with Crippen molar-refractivity contribution >= 4 is 16.9 Å². The van der Waals surface area contributed by atoms with Crippen molar-refractivity contribution in [3.8, 4) is 22.5 Å². The average Bonchev–Trinajstić information content (AvgIpc) is 3.39. The lowest BCUT2D eigenvalue weighted by molar-refractivity contribution is 0.0929. The minimum atomic E-state index is -0.853. The zero-order valence-corrected chi connectivity index (χ0v) is 21.1. The van der Waals surface area contributed by atoms with Gasteiger partial charge in [-0.3, -0.25) is 9.69 Å². The van der Waals surface area contributed by atoms with Gasteiger partial charge >= 0.3 is 0 Å². The lowest BCUT2D eigenvalue weighted by atomic mass is 10.0. The molecule has 0 radical (unpaired) electrons. The summed E-state index contributed by atoms with van der Waals surface area (Å²) >= 11 is 0. The molecule has 5 nitrogen and oxygen atoms in total. The van der Waals surface area contributed by atoms with E-state index in [1.165, 1.54) is 6.07 Å². The molecule has 1 unspecified atom stereocenters. The molecular formula is C32H26F2N4O. The molecule has 6 rings (SSSR count). The number of carbonyl (C=O) groups is 1. The Balaban J connectivity index is 1.17. The van der Waals surface area contributed by atoms with Gasteiger partial charge in [-0.15, -0.1) is 0 Å². The zero-order valence-electron chi connectivity index (χ0n) is 21.1. The first-order chi connectivity index (χ1) is 19.0. The summed E-state index contributed by atoms with van der Waals surface area (Å²) in [5, 5.41) is 2.78. The monoisotopic (exact) mass is 520 g/mol. The lowest BCUT2D eigenvalue weighted by Gasteiger charge is -2.17. The van der Waals surface area contributed by atoms with Crippen molar-refractivity contribution in [3.05, 3.63) is 120 Å². The molecule has 4 aromatic carbocycles. The van der Waals surface area contributed by atoms with Crippen LogP contribution in [-0.2, 0) is 6.54 Å². The number of fused-ring (bicyclic) bond motifs is 1. The molecule has 1 amide bonds. The summed E-state index contributed by atoms with van der Waals surface area (Å²) in [5.41, 5.74) is 5.95. The predicted octanol–water partition coefficient (Wildman–Crippen LogP) is 6.25. The van der Waals surface area contributed by atoms with Gasteiger partial charge in [0.05, 0.1) is 22.4 Å². The van der Waals surface area contributed by atoms with Crippen molar-refractivity contribution in [3.63, 3.8) is 0 Å². The van der Waals surface area contributed by atoms with Gasteiger partial charge in [0.15, 0.2) is 0 Å². The van der Waals surface area contributed by atoms with Crippen LogP contribution in [0.1, 0.15) is 22.3 Å². The lowest BCUT2D eigenvalue weighted by Crippen LogP contribution is -2.37.